The molecule has 0 saturated carbocycles. The first kappa shape index (κ1) is 17.5. The minimum absolute atomic E-state index is 0.178. The maximum absolute atomic E-state index is 12.2. The van der Waals surface area contributed by atoms with E-state index in [9.17, 15) is 4.79 Å². The van der Waals surface area contributed by atoms with Crippen LogP contribution in [-0.4, -0.2) is 15.9 Å². The summed E-state index contributed by atoms with van der Waals surface area (Å²) in [5, 5.41) is 7.34. The predicted molar refractivity (Wildman–Crippen MR) is 101 cm³/mol. The molecule has 2 aromatic carbocycles. The van der Waals surface area contributed by atoms with E-state index in [1.54, 1.807) is 42.5 Å². The fraction of sp³-hybridized carbons (Fsp3) is 0. The van der Waals surface area contributed by atoms with Crippen LogP contribution in [0.4, 0.5) is 17.2 Å². The summed E-state index contributed by atoms with van der Waals surface area (Å²) < 4.78 is 0. The van der Waals surface area contributed by atoms with E-state index in [2.05, 4.69) is 20.6 Å². The van der Waals surface area contributed by atoms with Crippen molar-refractivity contribution in [2.75, 3.05) is 10.6 Å². The van der Waals surface area contributed by atoms with Crippen LogP contribution < -0.4 is 10.6 Å². The lowest BCUT2D eigenvalue weighted by molar-refractivity contribution is 0.102. The highest BCUT2D eigenvalue weighted by atomic mass is 35.5. The fourth-order valence-corrected chi connectivity index (χ4v) is 2.43. The number of nitrogens with one attached hydrogen (secondary N) is 2. The average molecular weight is 394 g/mol. The molecule has 0 aliphatic heterocycles. The maximum atomic E-state index is 12.2. The van der Waals surface area contributed by atoms with Crippen molar-refractivity contribution in [1.29, 1.82) is 0 Å². The van der Waals surface area contributed by atoms with Gasteiger partial charge in [0.1, 0.15) is 11.5 Å². The van der Waals surface area contributed by atoms with Crippen molar-refractivity contribution in [3.8, 4) is 0 Å². The standard InChI is InChI=1S/C17H11Cl3N4O/c18-10-1-4-12(5-2-10)23-17(25)15-8-22-16(9-21-15)24-14-7-11(19)3-6-13(14)20/h1-9H,(H,22,24)(H,23,25). The maximum Gasteiger partial charge on any atom is 0.275 e. The first-order valence-corrected chi connectivity index (χ1v) is 8.26. The highest BCUT2D eigenvalue weighted by Crippen LogP contribution is 2.27. The van der Waals surface area contributed by atoms with Gasteiger partial charge in [0.05, 0.1) is 23.1 Å². The number of benzene rings is 2. The molecule has 0 spiro atoms. The van der Waals surface area contributed by atoms with Gasteiger partial charge in [-0.3, -0.25) is 4.79 Å². The Morgan fingerprint density at radius 3 is 2.28 bits per heavy atom. The zero-order chi connectivity index (χ0) is 17.8. The van der Waals surface area contributed by atoms with Gasteiger partial charge in [0.25, 0.3) is 5.91 Å². The summed E-state index contributed by atoms with van der Waals surface area (Å²) in [6.45, 7) is 0. The Balaban J connectivity index is 1.70. The highest BCUT2D eigenvalue weighted by molar-refractivity contribution is 6.35. The molecule has 0 bridgehead atoms. The molecule has 25 heavy (non-hydrogen) atoms. The molecule has 0 aliphatic rings. The predicted octanol–water partition coefficient (Wildman–Crippen LogP) is 5.43. The van der Waals surface area contributed by atoms with Crippen molar-refractivity contribution in [1.82, 2.24) is 9.97 Å². The normalized spacial score (nSPS) is 10.4. The zero-order valence-corrected chi connectivity index (χ0v) is 14.9. The number of halogens is 3. The van der Waals surface area contributed by atoms with E-state index in [4.69, 9.17) is 34.8 Å². The van der Waals surface area contributed by atoms with Gasteiger partial charge in [0.2, 0.25) is 0 Å². The molecule has 0 unspecified atom stereocenters. The van der Waals surface area contributed by atoms with Gasteiger partial charge in [-0.1, -0.05) is 34.8 Å². The molecule has 0 aliphatic carbocycles. The Morgan fingerprint density at radius 1 is 0.880 bits per heavy atom. The first-order valence-electron chi connectivity index (χ1n) is 7.12. The molecule has 0 saturated heterocycles. The van der Waals surface area contributed by atoms with Gasteiger partial charge in [-0.2, -0.15) is 0 Å². The number of carbonyl (C=O) groups excluding carboxylic acids is 1. The van der Waals surface area contributed by atoms with E-state index in [0.29, 0.717) is 32.3 Å². The van der Waals surface area contributed by atoms with Gasteiger partial charge >= 0.3 is 0 Å². The number of nitrogens with zero attached hydrogens (tertiary/aromatic N) is 2. The Labute approximate surface area is 159 Å². The number of carbonyl (C=O) groups is 1. The molecule has 1 amide bonds. The van der Waals surface area contributed by atoms with Crippen LogP contribution in [0.3, 0.4) is 0 Å². The third kappa shape index (κ3) is 4.60. The monoisotopic (exact) mass is 392 g/mol. The van der Waals surface area contributed by atoms with Crippen LogP contribution in [0.5, 0.6) is 0 Å². The smallest absolute Gasteiger partial charge is 0.275 e. The van der Waals surface area contributed by atoms with Crippen LogP contribution in [-0.2, 0) is 0 Å². The first-order chi connectivity index (χ1) is 12.0. The number of aromatic nitrogens is 2. The van der Waals surface area contributed by atoms with Gasteiger partial charge in [-0.05, 0) is 42.5 Å². The van der Waals surface area contributed by atoms with Crippen LogP contribution in [0.25, 0.3) is 0 Å². The Kier molecular flexibility index (Phi) is 5.38. The quantitative estimate of drug-likeness (QED) is 0.620. The van der Waals surface area contributed by atoms with E-state index in [0.717, 1.165) is 0 Å². The lowest BCUT2D eigenvalue weighted by Gasteiger charge is -2.08. The van der Waals surface area contributed by atoms with Crippen LogP contribution in [0.1, 0.15) is 10.5 Å². The lowest BCUT2D eigenvalue weighted by Crippen LogP contribution is -2.14. The topological polar surface area (TPSA) is 66.9 Å². The van der Waals surface area contributed by atoms with Crippen LogP contribution in [0.2, 0.25) is 15.1 Å². The van der Waals surface area contributed by atoms with Crippen molar-refractivity contribution in [3.05, 3.63) is 75.6 Å². The van der Waals surface area contributed by atoms with Gasteiger partial charge in [0.15, 0.2) is 0 Å². The van der Waals surface area contributed by atoms with E-state index in [-0.39, 0.29) is 11.6 Å². The third-order valence-corrected chi connectivity index (χ3v) is 3.99. The highest BCUT2D eigenvalue weighted by Gasteiger charge is 2.09. The van der Waals surface area contributed by atoms with E-state index in [1.807, 2.05) is 0 Å². The second-order valence-corrected chi connectivity index (χ2v) is 6.28. The Bertz CT molecular complexity index is 899. The van der Waals surface area contributed by atoms with Crippen LogP contribution in [0, 0.1) is 0 Å². The molecule has 126 valence electrons. The van der Waals surface area contributed by atoms with Gasteiger partial charge < -0.3 is 10.6 Å². The molecule has 3 aromatic rings. The molecule has 0 fully saturated rings. The minimum atomic E-state index is -0.373. The molecule has 1 aromatic heterocycles. The molecule has 3 rings (SSSR count). The SMILES string of the molecule is O=C(Nc1ccc(Cl)cc1)c1cnc(Nc2cc(Cl)ccc2Cl)cn1. The van der Waals surface area contributed by atoms with Crippen LogP contribution >= 0.6 is 34.8 Å². The molecule has 0 atom stereocenters. The number of amides is 1. The van der Waals surface area contributed by atoms with E-state index < -0.39 is 0 Å². The van der Waals surface area contributed by atoms with Crippen molar-refractivity contribution in [2.24, 2.45) is 0 Å². The summed E-state index contributed by atoms with van der Waals surface area (Å²) >= 11 is 17.8. The largest absolute Gasteiger partial charge is 0.338 e. The van der Waals surface area contributed by atoms with E-state index in [1.165, 1.54) is 12.4 Å². The molecule has 2 N–H and O–H groups in total. The number of hydrogen-bond acceptors (Lipinski definition) is 4. The molecule has 0 radical (unpaired) electrons. The molecule has 1 heterocycles. The van der Waals surface area contributed by atoms with Gasteiger partial charge in [0, 0.05) is 15.7 Å². The second kappa shape index (κ2) is 7.70. The second-order valence-electron chi connectivity index (χ2n) is 5.00. The Hall–Kier alpha value is -2.34. The Morgan fingerprint density at radius 2 is 1.60 bits per heavy atom. The summed E-state index contributed by atoms with van der Waals surface area (Å²) in [7, 11) is 0. The van der Waals surface area contributed by atoms with Crippen molar-refractivity contribution >= 4 is 57.9 Å². The van der Waals surface area contributed by atoms with Crippen molar-refractivity contribution < 1.29 is 4.79 Å². The van der Waals surface area contributed by atoms with E-state index >= 15 is 0 Å². The summed E-state index contributed by atoms with van der Waals surface area (Å²) in [6, 6.07) is 11.8. The molecular weight excluding hydrogens is 383 g/mol. The summed E-state index contributed by atoms with van der Waals surface area (Å²) in [4.78, 5) is 20.4. The van der Waals surface area contributed by atoms with Crippen molar-refractivity contribution in [3.63, 3.8) is 0 Å². The summed E-state index contributed by atoms with van der Waals surface area (Å²) in [5.74, 6) is 0.0642. The van der Waals surface area contributed by atoms with Gasteiger partial charge in [-0.15, -0.1) is 0 Å². The molecule has 5 nitrogen and oxygen atoms in total. The van der Waals surface area contributed by atoms with Crippen LogP contribution in [0.15, 0.2) is 54.9 Å². The number of rotatable bonds is 4. The fourth-order valence-electron chi connectivity index (χ4n) is 1.97. The third-order valence-electron chi connectivity index (χ3n) is 3.18. The zero-order valence-electron chi connectivity index (χ0n) is 12.6. The summed E-state index contributed by atoms with van der Waals surface area (Å²) in [6.07, 6.45) is 2.81. The van der Waals surface area contributed by atoms with Gasteiger partial charge in [-0.25, -0.2) is 9.97 Å². The lowest BCUT2D eigenvalue weighted by atomic mass is 10.3. The number of hydrogen-bond donors (Lipinski definition) is 2. The minimum Gasteiger partial charge on any atom is -0.338 e. The summed E-state index contributed by atoms with van der Waals surface area (Å²) in [5.41, 5.74) is 1.39. The molecule has 8 heteroatoms. The molecular formula is C17H11Cl3N4O. The average Bonchev–Trinajstić information content (AvgIpc) is 2.61. The number of anilines is 3. The van der Waals surface area contributed by atoms with Crippen molar-refractivity contribution in [2.45, 2.75) is 0 Å².